The zero-order valence-corrected chi connectivity index (χ0v) is 7.58. The molecule has 2 heterocycles. The minimum absolute atomic E-state index is 0.262. The van der Waals surface area contributed by atoms with Gasteiger partial charge in [0.1, 0.15) is 0 Å². The number of sulfone groups is 1. The summed E-state index contributed by atoms with van der Waals surface area (Å²) < 4.78 is 23.2. The summed E-state index contributed by atoms with van der Waals surface area (Å²) in [5.74, 6) is 0.523. The molecule has 0 aromatic rings. The molecule has 64 valence electrons. The maximum atomic E-state index is 11.8. The Morgan fingerprint density at radius 3 is 2.00 bits per heavy atom. The molecule has 12 heavy (non-hydrogen) atoms. The molecule has 3 aliphatic rings. The molecule has 2 atom stereocenters. The molecule has 0 N–H and O–H groups in total. The highest BCUT2D eigenvalue weighted by Crippen LogP contribution is 2.63. The third kappa shape index (κ3) is 0.454. The summed E-state index contributed by atoms with van der Waals surface area (Å²) >= 11 is 0. The summed E-state index contributed by atoms with van der Waals surface area (Å²) in [5.41, 5.74) is 0. The molecule has 0 unspecified atom stereocenters. The van der Waals surface area contributed by atoms with Gasteiger partial charge >= 0.3 is 0 Å². The number of fused-ring (bicyclic) bond motifs is 2. The average Bonchev–Trinajstić information content (AvgIpc) is 2.64. The van der Waals surface area contributed by atoms with Gasteiger partial charge in [-0.25, -0.2) is 8.42 Å². The molecule has 2 aliphatic heterocycles. The van der Waals surface area contributed by atoms with Crippen molar-refractivity contribution >= 4 is 9.84 Å². The van der Waals surface area contributed by atoms with E-state index in [4.69, 9.17) is 0 Å². The second-order valence-electron chi connectivity index (χ2n) is 4.01. The average molecular weight is 182 g/mol. The molecule has 0 spiro atoms. The maximum absolute atomic E-state index is 11.8. The summed E-state index contributed by atoms with van der Waals surface area (Å²) in [5, 5.41) is -0.336. The largest absolute Gasteiger partial charge is 0.227 e. The topological polar surface area (TPSA) is 34.1 Å². The lowest BCUT2D eigenvalue weighted by molar-refractivity contribution is 0.570. The van der Waals surface area contributed by atoms with Gasteiger partial charge in [0.05, 0.1) is 10.00 Å². The van der Waals surface area contributed by atoms with Gasteiger partial charge in [-0.3, -0.25) is 0 Å². The molecule has 0 radical (unpaired) electrons. The SMILES string of the molecule is CC12[C@@H]3C=CC(C=C[C@H]31)S2(=O)=O. The fourth-order valence-corrected chi connectivity index (χ4v) is 4.90. The van der Waals surface area contributed by atoms with Crippen molar-refractivity contribution in [2.45, 2.75) is 16.9 Å². The van der Waals surface area contributed by atoms with Crippen LogP contribution in [0.1, 0.15) is 6.92 Å². The first kappa shape index (κ1) is 6.89. The summed E-state index contributed by atoms with van der Waals surface area (Å²) in [6.45, 7) is 1.87. The van der Waals surface area contributed by atoms with Crippen LogP contribution in [0.3, 0.4) is 0 Å². The van der Waals surface area contributed by atoms with Crippen molar-refractivity contribution in [3.05, 3.63) is 24.3 Å². The Labute approximate surface area is 71.9 Å². The molecular formula is C9H10O2S. The highest BCUT2D eigenvalue weighted by atomic mass is 32.2. The van der Waals surface area contributed by atoms with Crippen LogP contribution < -0.4 is 0 Å². The lowest BCUT2D eigenvalue weighted by atomic mass is 10.2. The highest BCUT2D eigenvalue weighted by Gasteiger charge is 2.71. The van der Waals surface area contributed by atoms with E-state index in [9.17, 15) is 8.42 Å². The fraction of sp³-hybridized carbons (Fsp3) is 0.556. The summed E-state index contributed by atoms with van der Waals surface area (Å²) in [6, 6.07) is 0. The van der Waals surface area contributed by atoms with Crippen LogP contribution in [0.5, 0.6) is 0 Å². The van der Waals surface area contributed by atoms with Crippen molar-refractivity contribution < 1.29 is 8.42 Å². The van der Waals surface area contributed by atoms with Crippen LogP contribution in [0.2, 0.25) is 0 Å². The molecule has 0 aromatic heterocycles. The van der Waals surface area contributed by atoms with Crippen LogP contribution in [0.4, 0.5) is 0 Å². The Balaban J connectivity index is 2.37. The number of rotatable bonds is 0. The monoisotopic (exact) mass is 182 g/mol. The van der Waals surface area contributed by atoms with Crippen molar-refractivity contribution in [3.8, 4) is 0 Å². The van der Waals surface area contributed by atoms with E-state index in [-0.39, 0.29) is 17.1 Å². The van der Waals surface area contributed by atoms with E-state index in [0.717, 1.165) is 0 Å². The van der Waals surface area contributed by atoms with Crippen LogP contribution in [-0.2, 0) is 9.84 Å². The van der Waals surface area contributed by atoms with Gasteiger partial charge in [-0.1, -0.05) is 24.3 Å². The zero-order valence-electron chi connectivity index (χ0n) is 6.77. The third-order valence-corrected chi connectivity index (χ3v) is 6.39. The molecule has 1 saturated carbocycles. The van der Waals surface area contributed by atoms with E-state index in [1.54, 1.807) is 0 Å². The van der Waals surface area contributed by atoms with Crippen molar-refractivity contribution in [1.82, 2.24) is 0 Å². The van der Waals surface area contributed by atoms with Crippen molar-refractivity contribution in [2.75, 3.05) is 0 Å². The molecule has 1 aliphatic carbocycles. The molecule has 0 saturated heterocycles. The Bertz CT molecular complexity index is 382. The van der Waals surface area contributed by atoms with Gasteiger partial charge in [-0.15, -0.1) is 0 Å². The van der Waals surface area contributed by atoms with Crippen LogP contribution in [0.25, 0.3) is 0 Å². The van der Waals surface area contributed by atoms with Gasteiger partial charge in [0.15, 0.2) is 9.84 Å². The van der Waals surface area contributed by atoms with Crippen molar-refractivity contribution in [3.63, 3.8) is 0 Å². The van der Waals surface area contributed by atoms with Crippen LogP contribution in [0, 0.1) is 11.8 Å². The number of hydrogen-bond acceptors (Lipinski definition) is 2. The Kier molecular flexibility index (Phi) is 0.893. The summed E-state index contributed by atoms with van der Waals surface area (Å²) in [6.07, 6.45) is 7.78. The molecule has 3 rings (SSSR count). The first-order valence-electron chi connectivity index (χ1n) is 4.18. The van der Waals surface area contributed by atoms with Crippen LogP contribution >= 0.6 is 0 Å². The highest BCUT2D eigenvalue weighted by molar-refractivity contribution is 7.94. The van der Waals surface area contributed by atoms with Crippen LogP contribution in [0.15, 0.2) is 24.3 Å². The van der Waals surface area contributed by atoms with Gasteiger partial charge in [-0.2, -0.15) is 0 Å². The quantitative estimate of drug-likeness (QED) is 0.522. The predicted molar refractivity (Wildman–Crippen MR) is 46.4 cm³/mol. The number of allylic oxidation sites excluding steroid dienone is 2. The predicted octanol–water partition coefficient (Wildman–Crippen LogP) is 0.914. The van der Waals surface area contributed by atoms with Gasteiger partial charge in [0.2, 0.25) is 0 Å². The molecule has 3 heteroatoms. The molecule has 2 nitrogen and oxygen atoms in total. The molecule has 2 bridgehead atoms. The fourth-order valence-electron chi connectivity index (χ4n) is 2.58. The molecule has 0 amide bonds. The Morgan fingerprint density at radius 2 is 1.58 bits per heavy atom. The molecule has 1 fully saturated rings. The van der Waals surface area contributed by atoms with E-state index in [1.807, 2.05) is 19.1 Å². The first-order chi connectivity index (χ1) is 5.58. The van der Waals surface area contributed by atoms with E-state index >= 15 is 0 Å². The van der Waals surface area contributed by atoms with Crippen molar-refractivity contribution in [2.24, 2.45) is 11.8 Å². The first-order valence-corrected chi connectivity index (χ1v) is 5.73. The lowest BCUT2D eigenvalue weighted by Crippen LogP contribution is -2.35. The van der Waals surface area contributed by atoms with E-state index < -0.39 is 14.6 Å². The van der Waals surface area contributed by atoms with Gasteiger partial charge in [0, 0.05) is 11.8 Å². The van der Waals surface area contributed by atoms with E-state index in [0.29, 0.717) is 0 Å². The Hall–Kier alpha value is -0.570. The third-order valence-electron chi connectivity index (χ3n) is 3.59. The van der Waals surface area contributed by atoms with Gasteiger partial charge < -0.3 is 0 Å². The maximum Gasteiger partial charge on any atom is 0.166 e. The molecule has 0 aromatic carbocycles. The van der Waals surface area contributed by atoms with E-state index in [2.05, 4.69) is 12.2 Å². The Morgan fingerprint density at radius 1 is 1.08 bits per heavy atom. The standard InChI is InChI=1S/C9H10O2S/c1-9-7-4-2-6(12(9,10)11)3-5-8(7)9/h2-8H,1H3/t6?,7-,8-,9?/m1/s1. The minimum Gasteiger partial charge on any atom is -0.227 e. The minimum atomic E-state index is -2.90. The van der Waals surface area contributed by atoms with Crippen LogP contribution in [-0.4, -0.2) is 18.4 Å². The van der Waals surface area contributed by atoms with Gasteiger partial charge in [-0.05, 0) is 6.92 Å². The lowest BCUT2D eigenvalue weighted by Gasteiger charge is -2.22. The summed E-state index contributed by atoms with van der Waals surface area (Å²) in [7, 11) is -2.90. The zero-order chi connectivity index (χ0) is 8.56. The smallest absolute Gasteiger partial charge is 0.166 e. The number of hydrogen-bond donors (Lipinski definition) is 0. The summed E-state index contributed by atoms with van der Waals surface area (Å²) in [4.78, 5) is 0. The normalized spacial score (nSPS) is 56.9. The molecular weight excluding hydrogens is 172 g/mol. The second-order valence-corrected chi connectivity index (χ2v) is 6.53. The van der Waals surface area contributed by atoms with Crippen molar-refractivity contribution in [1.29, 1.82) is 0 Å². The van der Waals surface area contributed by atoms with Gasteiger partial charge in [0.25, 0.3) is 0 Å². The second kappa shape index (κ2) is 1.55. The van der Waals surface area contributed by atoms with E-state index in [1.165, 1.54) is 0 Å².